The highest BCUT2D eigenvalue weighted by atomic mass is 19.4. The molecule has 2 aliphatic rings. The van der Waals surface area contributed by atoms with Crippen LogP contribution in [0.2, 0.25) is 0 Å². The van der Waals surface area contributed by atoms with Gasteiger partial charge in [0.1, 0.15) is 0 Å². The quantitative estimate of drug-likeness (QED) is 0.873. The number of hydrogen-bond acceptors (Lipinski definition) is 5. The third kappa shape index (κ3) is 3.77. The summed E-state index contributed by atoms with van der Waals surface area (Å²) in [5.74, 6) is 0.470. The molecule has 2 aliphatic heterocycles. The number of halogens is 3. The van der Waals surface area contributed by atoms with E-state index in [0.717, 1.165) is 38.3 Å². The zero-order valence-electron chi connectivity index (χ0n) is 13.2. The number of aromatic nitrogens is 2. The van der Waals surface area contributed by atoms with Crippen molar-refractivity contribution in [3.05, 3.63) is 18.0 Å². The molecule has 1 N–H and O–H groups in total. The number of alkyl halides is 3. The lowest BCUT2D eigenvalue weighted by atomic mass is 9.98. The van der Waals surface area contributed by atoms with Crippen molar-refractivity contribution >= 4 is 11.9 Å². The van der Waals surface area contributed by atoms with Gasteiger partial charge in [-0.2, -0.15) is 13.2 Å². The van der Waals surface area contributed by atoms with Gasteiger partial charge in [0.25, 0.3) is 0 Å². The van der Waals surface area contributed by atoms with E-state index in [4.69, 9.17) is 0 Å². The van der Waals surface area contributed by atoms with Crippen LogP contribution in [-0.4, -0.2) is 60.0 Å². The first-order valence-corrected chi connectivity index (χ1v) is 8.09. The summed E-state index contributed by atoms with van der Waals surface area (Å²) in [6.45, 7) is 3.82. The van der Waals surface area contributed by atoms with Gasteiger partial charge in [-0.25, -0.2) is 9.97 Å². The molecule has 1 aromatic heterocycles. The van der Waals surface area contributed by atoms with E-state index in [1.54, 1.807) is 0 Å². The molecule has 2 saturated heterocycles. The number of piperazine rings is 1. The molecule has 132 valence electrons. The minimum absolute atomic E-state index is 0.0348. The molecule has 1 atom stereocenters. The molecule has 1 amide bonds. The van der Waals surface area contributed by atoms with Crippen molar-refractivity contribution in [1.29, 1.82) is 0 Å². The van der Waals surface area contributed by atoms with Crippen LogP contribution in [0.1, 0.15) is 18.4 Å². The zero-order chi connectivity index (χ0) is 17.2. The number of piperidine rings is 1. The molecular formula is C15H20F3N5O. The highest BCUT2D eigenvalue weighted by molar-refractivity contribution is 5.79. The number of nitrogens with one attached hydrogen (secondary N) is 1. The smallest absolute Gasteiger partial charge is 0.339 e. The van der Waals surface area contributed by atoms with Crippen LogP contribution in [0.15, 0.2) is 12.4 Å². The van der Waals surface area contributed by atoms with Gasteiger partial charge in [-0.15, -0.1) is 0 Å². The Morgan fingerprint density at radius 2 is 1.83 bits per heavy atom. The van der Waals surface area contributed by atoms with Crippen LogP contribution in [-0.2, 0) is 11.0 Å². The van der Waals surface area contributed by atoms with E-state index in [1.807, 2.05) is 9.80 Å². The predicted octanol–water partition coefficient (Wildman–Crippen LogP) is 1.14. The van der Waals surface area contributed by atoms with Crippen molar-refractivity contribution in [3.63, 3.8) is 0 Å². The van der Waals surface area contributed by atoms with Gasteiger partial charge in [0.05, 0.1) is 11.5 Å². The van der Waals surface area contributed by atoms with Crippen molar-refractivity contribution in [1.82, 2.24) is 20.2 Å². The topological polar surface area (TPSA) is 61.4 Å². The van der Waals surface area contributed by atoms with E-state index in [2.05, 4.69) is 15.3 Å². The Balaban J connectivity index is 1.55. The predicted molar refractivity (Wildman–Crippen MR) is 81.4 cm³/mol. The van der Waals surface area contributed by atoms with Crippen LogP contribution in [0.5, 0.6) is 0 Å². The second-order valence-electron chi connectivity index (χ2n) is 6.13. The normalized spacial score (nSPS) is 22.5. The number of anilines is 1. The van der Waals surface area contributed by atoms with Crippen LogP contribution in [0.25, 0.3) is 0 Å². The standard InChI is InChI=1S/C15H20F3N5O/c16-15(17,18)12-9-20-14(21-10-12)23-6-4-22(5-7-23)13(24)11-2-1-3-19-8-11/h9-11,19H,1-8H2/t11-/m1/s1. The summed E-state index contributed by atoms with van der Waals surface area (Å²) in [5.41, 5.74) is -0.857. The van der Waals surface area contributed by atoms with Crippen LogP contribution in [0.3, 0.4) is 0 Å². The van der Waals surface area contributed by atoms with Gasteiger partial charge in [0.2, 0.25) is 11.9 Å². The number of carbonyl (C=O) groups excluding carboxylic acids is 1. The summed E-state index contributed by atoms with van der Waals surface area (Å²) in [6, 6.07) is 0. The van der Waals surface area contributed by atoms with E-state index in [0.29, 0.717) is 26.2 Å². The maximum Gasteiger partial charge on any atom is 0.419 e. The first-order valence-electron chi connectivity index (χ1n) is 8.09. The van der Waals surface area contributed by atoms with E-state index >= 15 is 0 Å². The van der Waals surface area contributed by atoms with Crippen molar-refractivity contribution in [2.45, 2.75) is 19.0 Å². The van der Waals surface area contributed by atoms with Crippen LogP contribution in [0, 0.1) is 5.92 Å². The number of hydrogen-bond donors (Lipinski definition) is 1. The first kappa shape index (κ1) is 16.9. The van der Waals surface area contributed by atoms with Crippen molar-refractivity contribution < 1.29 is 18.0 Å². The Kier molecular flexibility index (Phi) is 4.88. The van der Waals surface area contributed by atoms with E-state index in [1.165, 1.54) is 0 Å². The maximum absolute atomic E-state index is 12.5. The van der Waals surface area contributed by atoms with Gasteiger partial charge in [0.15, 0.2) is 0 Å². The van der Waals surface area contributed by atoms with Crippen LogP contribution in [0.4, 0.5) is 19.1 Å². The highest BCUT2D eigenvalue weighted by Crippen LogP contribution is 2.28. The Morgan fingerprint density at radius 3 is 2.38 bits per heavy atom. The SMILES string of the molecule is O=C([C@@H]1CCCNC1)N1CCN(c2ncc(C(F)(F)F)cn2)CC1. The number of nitrogens with zero attached hydrogens (tertiary/aromatic N) is 4. The summed E-state index contributed by atoms with van der Waals surface area (Å²) in [7, 11) is 0. The minimum atomic E-state index is -4.43. The number of carbonyl (C=O) groups is 1. The van der Waals surface area contributed by atoms with Crippen molar-refractivity contribution in [3.8, 4) is 0 Å². The Hall–Kier alpha value is -1.90. The maximum atomic E-state index is 12.5. The van der Waals surface area contributed by atoms with E-state index in [-0.39, 0.29) is 17.8 Å². The number of rotatable bonds is 2. The minimum Gasteiger partial charge on any atom is -0.339 e. The van der Waals surface area contributed by atoms with Gasteiger partial charge >= 0.3 is 6.18 Å². The van der Waals surface area contributed by atoms with Crippen molar-refractivity contribution in [2.75, 3.05) is 44.2 Å². The molecule has 0 spiro atoms. The molecule has 24 heavy (non-hydrogen) atoms. The molecule has 0 aromatic carbocycles. The number of amides is 1. The third-order valence-corrected chi connectivity index (χ3v) is 4.49. The van der Waals surface area contributed by atoms with Gasteiger partial charge in [-0.1, -0.05) is 0 Å². The molecule has 0 aliphatic carbocycles. The lowest BCUT2D eigenvalue weighted by Gasteiger charge is -2.37. The molecule has 3 heterocycles. The molecule has 0 bridgehead atoms. The summed E-state index contributed by atoms with van der Waals surface area (Å²) in [5, 5.41) is 3.24. The summed E-state index contributed by atoms with van der Waals surface area (Å²) < 4.78 is 37.6. The fourth-order valence-corrected chi connectivity index (χ4v) is 3.08. The Bertz CT molecular complexity index is 563. The third-order valence-electron chi connectivity index (χ3n) is 4.49. The van der Waals surface area contributed by atoms with E-state index < -0.39 is 11.7 Å². The summed E-state index contributed by atoms with van der Waals surface area (Å²) >= 11 is 0. The van der Waals surface area contributed by atoms with Gasteiger partial charge < -0.3 is 15.1 Å². The van der Waals surface area contributed by atoms with Gasteiger partial charge in [-0.3, -0.25) is 4.79 Å². The molecule has 1 aromatic rings. The highest BCUT2D eigenvalue weighted by Gasteiger charge is 2.32. The van der Waals surface area contributed by atoms with Crippen molar-refractivity contribution in [2.24, 2.45) is 5.92 Å². The lowest BCUT2D eigenvalue weighted by Crippen LogP contribution is -2.52. The molecule has 2 fully saturated rings. The molecule has 0 saturated carbocycles. The average Bonchev–Trinajstić information content (AvgIpc) is 2.61. The zero-order valence-corrected chi connectivity index (χ0v) is 13.2. The van der Waals surface area contributed by atoms with Crippen LogP contribution >= 0.6 is 0 Å². The molecule has 0 radical (unpaired) electrons. The molecule has 9 heteroatoms. The molecule has 0 unspecified atom stereocenters. The second-order valence-corrected chi connectivity index (χ2v) is 6.13. The fraction of sp³-hybridized carbons (Fsp3) is 0.667. The first-order chi connectivity index (χ1) is 11.4. The molecule has 6 nitrogen and oxygen atoms in total. The Morgan fingerprint density at radius 1 is 1.17 bits per heavy atom. The average molecular weight is 343 g/mol. The van der Waals surface area contributed by atoms with E-state index in [9.17, 15) is 18.0 Å². The van der Waals surface area contributed by atoms with Gasteiger partial charge in [-0.05, 0) is 19.4 Å². The Labute approximate surface area is 138 Å². The second kappa shape index (κ2) is 6.92. The van der Waals surface area contributed by atoms with Gasteiger partial charge in [0, 0.05) is 45.1 Å². The lowest BCUT2D eigenvalue weighted by molar-refractivity contribution is -0.138. The monoisotopic (exact) mass is 343 g/mol. The largest absolute Gasteiger partial charge is 0.419 e. The summed E-state index contributed by atoms with van der Waals surface area (Å²) in [4.78, 5) is 23.7. The molecular weight excluding hydrogens is 323 g/mol. The molecule has 3 rings (SSSR count). The fourth-order valence-electron chi connectivity index (χ4n) is 3.08. The summed E-state index contributed by atoms with van der Waals surface area (Å²) in [6.07, 6.45) is -0.914. The van der Waals surface area contributed by atoms with Crippen LogP contribution < -0.4 is 10.2 Å².